The molecule has 8 heavy (non-hydrogen) atoms. The number of rotatable bonds is 0. The molecule has 0 unspecified atom stereocenters. The summed E-state index contributed by atoms with van der Waals surface area (Å²) in [7, 11) is 0. The minimum Gasteiger partial charge on any atom is -1.00 e. The molecular formula is C7H15Al. The summed E-state index contributed by atoms with van der Waals surface area (Å²) in [6.45, 7) is 2.36. The molecule has 0 N–H and O–H groups in total. The predicted molar refractivity (Wildman–Crippen MR) is 39.4 cm³/mol. The van der Waals surface area contributed by atoms with Crippen molar-refractivity contribution < 1.29 is 2.85 Å². The van der Waals surface area contributed by atoms with E-state index in [0.29, 0.717) is 0 Å². The summed E-state index contributed by atoms with van der Waals surface area (Å²) >= 11 is 2.92. The minimum absolute atomic E-state index is 0. The fourth-order valence-electron chi connectivity index (χ4n) is 1.29. The molecule has 0 saturated heterocycles. The monoisotopic (exact) mass is 126 g/mol. The van der Waals surface area contributed by atoms with Gasteiger partial charge in [-0.25, -0.2) is 0 Å². The SMILES string of the molecule is CC1CC[CH]([Al+2])CC1.[H-].[H-]. The Balaban J connectivity index is 0. The van der Waals surface area contributed by atoms with Gasteiger partial charge in [0.25, 0.3) is 0 Å². The molecule has 0 heterocycles. The summed E-state index contributed by atoms with van der Waals surface area (Å²) in [5.74, 6) is 1.01. The molecule has 46 valence electrons. The molecule has 0 aliphatic heterocycles. The van der Waals surface area contributed by atoms with Crippen LogP contribution in [0.1, 0.15) is 35.5 Å². The molecule has 0 bridgehead atoms. The van der Waals surface area contributed by atoms with Crippen molar-refractivity contribution in [1.29, 1.82) is 0 Å². The van der Waals surface area contributed by atoms with E-state index in [1.165, 1.54) is 25.7 Å². The van der Waals surface area contributed by atoms with Crippen LogP contribution in [0.25, 0.3) is 0 Å². The average Bonchev–Trinajstić information content (AvgIpc) is 1.77. The van der Waals surface area contributed by atoms with Gasteiger partial charge in [-0.1, -0.05) is 0 Å². The van der Waals surface area contributed by atoms with Crippen molar-refractivity contribution in [2.24, 2.45) is 5.92 Å². The van der Waals surface area contributed by atoms with Gasteiger partial charge >= 0.3 is 59.6 Å². The van der Waals surface area contributed by atoms with Gasteiger partial charge in [0.1, 0.15) is 0 Å². The number of hydrogen-bond donors (Lipinski definition) is 0. The maximum Gasteiger partial charge on any atom is -1.00 e. The largest absolute Gasteiger partial charge is 1.00 e. The Hall–Kier alpha value is 0.532. The molecule has 1 saturated carbocycles. The Morgan fingerprint density at radius 2 is 1.75 bits per heavy atom. The van der Waals surface area contributed by atoms with Crippen LogP contribution in [0.3, 0.4) is 0 Å². The quantitative estimate of drug-likeness (QED) is 0.437. The van der Waals surface area contributed by atoms with Crippen LogP contribution in [0.4, 0.5) is 0 Å². The second kappa shape index (κ2) is 2.90. The van der Waals surface area contributed by atoms with Crippen molar-refractivity contribution in [3.8, 4) is 0 Å². The normalized spacial score (nSPS) is 39.9. The molecule has 0 aromatic rings. The zero-order valence-electron chi connectivity index (χ0n) is 7.56. The molecule has 1 fully saturated rings. The summed E-state index contributed by atoms with van der Waals surface area (Å²) < 4.78 is 0.936. The van der Waals surface area contributed by atoms with E-state index in [2.05, 4.69) is 23.2 Å². The first kappa shape index (κ1) is 6.65. The van der Waals surface area contributed by atoms with Crippen molar-refractivity contribution in [3.05, 3.63) is 0 Å². The molecule has 0 aromatic heterocycles. The standard InChI is InChI=1S/C7H13.Al.2H/c1-7-5-3-2-4-6-7;;;/h2,7H,3-6H2,1H3;;;/q;+2;2*-1. The molecule has 0 radical (unpaired) electrons. The van der Waals surface area contributed by atoms with Crippen LogP contribution < -0.4 is 0 Å². The molecule has 0 amide bonds. The third kappa shape index (κ3) is 1.80. The average molecular weight is 126 g/mol. The fourth-order valence-corrected chi connectivity index (χ4v) is 1.67. The van der Waals surface area contributed by atoms with Crippen molar-refractivity contribution in [2.75, 3.05) is 0 Å². The first-order valence-electron chi connectivity index (χ1n) is 3.54. The van der Waals surface area contributed by atoms with Crippen molar-refractivity contribution in [1.82, 2.24) is 0 Å². The van der Waals surface area contributed by atoms with Crippen molar-refractivity contribution in [3.63, 3.8) is 0 Å². The summed E-state index contributed by atoms with van der Waals surface area (Å²) in [6.07, 6.45) is 5.78. The molecular weight excluding hydrogens is 111 g/mol. The third-order valence-electron chi connectivity index (χ3n) is 2.06. The van der Waals surface area contributed by atoms with Crippen LogP contribution in [0, 0.1) is 5.92 Å². The first-order valence-corrected chi connectivity index (χ1v) is 4.21. The van der Waals surface area contributed by atoms with E-state index in [9.17, 15) is 0 Å². The Morgan fingerprint density at radius 3 is 2.12 bits per heavy atom. The van der Waals surface area contributed by atoms with E-state index in [-0.39, 0.29) is 2.85 Å². The molecule has 0 spiro atoms. The van der Waals surface area contributed by atoms with Gasteiger partial charge < -0.3 is 2.85 Å². The van der Waals surface area contributed by atoms with E-state index in [1.54, 1.807) is 0 Å². The van der Waals surface area contributed by atoms with Gasteiger partial charge in [-0.3, -0.25) is 0 Å². The summed E-state index contributed by atoms with van der Waals surface area (Å²) in [5.41, 5.74) is 0. The summed E-state index contributed by atoms with van der Waals surface area (Å²) in [6, 6.07) is 0. The molecule has 0 aromatic carbocycles. The Bertz CT molecular complexity index is 60.0. The van der Waals surface area contributed by atoms with Crippen LogP contribution >= 0.6 is 0 Å². The predicted octanol–water partition coefficient (Wildman–Crippen LogP) is 2.38. The van der Waals surface area contributed by atoms with Gasteiger partial charge in [0, 0.05) is 0 Å². The van der Waals surface area contributed by atoms with E-state index < -0.39 is 0 Å². The Morgan fingerprint density at radius 1 is 1.25 bits per heavy atom. The topological polar surface area (TPSA) is 0 Å². The minimum atomic E-state index is 0. The second-order valence-corrected chi connectivity index (χ2v) is 3.96. The van der Waals surface area contributed by atoms with E-state index in [1.807, 2.05) is 0 Å². The maximum atomic E-state index is 2.92. The molecule has 0 atom stereocenters. The van der Waals surface area contributed by atoms with Gasteiger partial charge in [-0.15, -0.1) is 0 Å². The molecule has 0 nitrogen and oxygen atoms in total. The summed E-state index contributed by atoms with van der Waals surface area (Å²) in [4.78, 5) is 0. The van der Waals surface area contributed by atoms with Gasteiger partial charge in [-0.2, -0.15) is 0 Å². The van der Waals surface area contributed by atoms with Crippen LogP contribution in [0.15, 0.2) is 0 Å². The van der Waals surface area contributed by atoms with Gasteiger partial charge in [-0.05, 0) is 0 Å². The molecule has 1 heteroatoms. The zero-order valence-corrected chi connectivity index (χ0v) is 6.72. The smallest absolute Gasteiger partial charge is 1.00 e. The summed E-state index contributed by atoms with van der Waals surface area (Å²) in [5, 5.41) is 0. The molecule has 1 aliphatic rings. The van der Waals surface area contributed by atoms with Gasteiger partial charge in [0.2, 0.25) is 0 Å². The van der Waals surface area contributed by atoms with E-state index in [0.717, 1.165) is 10.7 Å². The van der Waals surface area contributed by atoms with Crippen LogP contribution in [-0.4, -0.2) is 16.3 Å². The van der Waals surface area contributed by atoms with Crippen molar-refractivity contribution >= 4 is 16.3 Å². The van der Waals surface area contributed by atoms with E-state index in [4.69, 9.17) is 0 Å². The molecule has 1 aliphatic carbocycles. The number of hydrogen-bond acceptors (Lipinski definition) is 0. The van der Waals surface area contributed by atoms with Crippen LogP contribution in [0.2, 0.25) is 4.78 Å². The maximum absolute atomic E-state index is 2.92. The zero-order chi connectivity index (χ0) is 5.98. The van der Waals surface area contributed by atoms with Gasteiger partial charge in [0.15, 0.2) is 0 Å². The van der Waals surface area contributed by atoms with E-state index >= 15 is 0 Å². The second-order valence-electron chi connectivity index (χ2n) is 3.02. The Labute approximate surface area is 63.1 Å². The van der Waals surface area contributed by atoms with Crippen LogP contribution in [-0.2, 0) is 0 Å². The van der Waals surface area contributed by atoms with Gasteiger partial charge in [0.05, 0.1) is 0 Å². The molecule has 1 rings (SSSR count). The Kier molecular flexibility index (Phi) is 2.41. The van der Waals surface area contributed by atoms with Crippen LogP contribution in [0.5, 0.6) is 0 Å². The van der Waals surface area contributed by atoms with Crippen molar-refractivity contribution in [2.45, 2.75) is 37.4 Å². The first-order chi connectivity index (χ1) is 3.79. The third-order valence-corrected chi connectivity index (χ3v) is 2.73. The fraction of sp³-hybridized carbons (Fsp3) is 1.00.